The van der Waals surface area contributed by atoms with Crippen LogP contribution in [0.25, 0.3) is 0 Å². The fraction of sp³-hybridized carbons (Fsp3) is 0.769. The minimum atomic E-state index is 0.315. The van der Waals surface area contributed by atoms with Crippen LogP contribution >= 0.6 is 11.8 Å². The summed E-state index contributed by atoms with van der Waals surface area (Å²) in [5.74, 6) is 2.03. The lowest BCUT2D eigenvalue weighted by atomic mass is 9.92. The third-order valence-electron chi connectivity index (χ3n) is 4.34. The first-order chi connectivity index (χ1) is 7.79. The van der Waals surface area contributed by atoms with Crippen molar-refractivity contribution in [3.8, 4) is 0 Å². The Bertz CT molecular complexity index is 333. The van der Waals surface area contributed by atoms with Gasteiger partial charge in [-0.05, 0) is 42.8 Å². The molecule has 1 amide bonds. The molecule has 0 radical (unpaired) electrons. The number of nitrogens with zero attached hydrogens (tertiary/aromatic N) is 1. The Balaban J connectivity index is 1.72. The zero-order valence-corrected chi connectivity index (χ0v) is 10.6. The van der Waals surface area contributed by atoms with Gasteiger partial charge in [-0.3, -0.25) is 4.79 Å². The van der Waals surface area contributed by atoms with E-state index >= 15 is 0 Å². The number of amides is 1. The van der Waals surface area contributed by atoms with Crippen LogP contribution < -0.4 is 0 Å². The highest BCUT2D eigenvalue weighted by Crippen LogP contribution is 2.51. The van der Waals surface area contributed by atoms with Crippen LogP contribution in [0.4, 0.5) is 0 Å². The standard InChI is InChI=1S/C13H19NOS/c1-16-12-8-9-6-10(12)11(7-9)13(15)14-4-2-3-5-14/h8-11H,2-7H2,1H3/t9-,10+,11?/m0/s1. The van der Waals surface area contributed by atoms with Crippen molar-refractivity contribution in [2.45, 2.75) is 25.7 Å². The van der Waals surface area contributed by atoms with E-state index in [1.165, 1.54) is 24.2 Å². The molecule has 3 heteroatoms. The molecule has 3 rings (SSSR count). The largest absolute Gasteiger partial charge is 0.342 e. The second-order valence-corrected chi connectivity index (χ2v) is 6.13. The summed E-state index contributed by atoms with van der Waals surface area (Å²) in [4.78, 5) is 16.0. The molecule has 0 aromatic rings. The lowest BCUT2D eigenvalue weighted by Gasteiger charge is -2.26. The second-order valence-electron chi connectivity index (χ2n) is 5.25. The van der Waals surface area contributed by atoms with E-state index in [0.717, 1.165) is 19.5 Å². The predicted octanol–water partition coefficient (Wildman–Crippen LogP) is 2.51. The van der Waals surface area contributed by atoms with Gasteiger partial charge in [0.1, 0.15) is 0 Å². The number of carbonyl (C=O) groups excluding carboxylic acids is 1. The first kappa shape index (κ1) is 10.7. The van der Waals surface area contributed by atoms with E-state index in [0.29, 0.717) is 23.7 Å². The maximum atomic E-state index is 12.4. The first-order valence-electron chi connectivity index (χ1n) is 6.34. The topological polar surface area (TPSA) is 20.3 Å². The van der Waals surface area contributed by atoms with Crippen LogP contribution in [0.3, 0.4) is 0 Å². The molecule has 1 saturated heterocycles. The molecular weight excluding hydrogens is 218 g/mol. The number of thioether (sulfide) groups is 1. The third-order valence-corrected chi connectivity index (χ3v) is 5.25. The fourth-order valence-electron chi connectivity index (χ4n) is 3.55. The normalized spacial score (nSPS) is 36.9. The van der Waals surface area contributed by atoms with Gasteiger partial charge < -0.3 is 4.90 Å². The molecule has 2 fully saturated rings. The van der Waals surface area contributed by atoms with E-state index in [9.17, 15) is 4.79 Å². The Morgan fingerprint density at radius 3 is 2.75 bits per heavy atom. The van der Waals surface area contributed by atoms with Crippen LogP contribution in [-0.2, 0) is 4.79 Å². The quantitative estimate of drug-likeness (QED) is 0.735. The molecule has 0 spiro atoms. The van der Waals surface area contributed by atoms with E-state index in [2.05, 4.69) is 17.2 Å². The fourth-order valence-corrected chi connectivity index (χ4v) is 4.44. The zero-order chi connectivity index (χ0) is 11.1. The monoisotopic (exact) mass is 237 g/mol. The van der Waals surface area contributed by atoms with Crippen LogP contribution in [0.2, 0.25) is 0 Å². The molecular formula is C13H19NOS. The summed E-state index contributed by atoms with van der Waals surface area (Å²) >= 11 is 1.85. The van der Waals surface area contributed by atoms with Crippen molar-refractivity contribution >= 4 is 17.7 Å². The van der Waals surface area contributed by atoms with Crippen molar-refractivity contribution in [2.75, 3.05) is 19.3 Å². The molecule has 1 unspecified atom stereocenters. The zero-order valence-electron chi connectivity index (χ0n) is 9.82. The highest BCUT2D eigenvalue weighted by atomic mass is 32.2. The van der Waals surface area contributed by atoms with Crippen molar-refractivity contribution in [1.82, 2.24) is 4.90 Å². The minimum Gasteiger partial charge on any atom is -0.342 e. The number of likely N-dealkylation sites (tertiary alicyclic amines) is 1. The number of hydrogen-bond acceptors (Lipinski definition) is 2. The molecule has 2 nitrogen and oxygen atoms in total. The van der Waals surface area contributed by atoms with Gasteiger partial charge in [0.05, 0.1) is 0 Å². The molecule has 88 valence electrons. The van der Waals surface area contributed by atoms with Gasteiger partial charge in [-0.1, -0.05) is 6.08 Å². The average molecular weight is 237 g/mol. The van der Waals surface area contributed by atoms with E-state index in [1.807, 2.05) is 11.8 Å². The van der Waals surface area contributed by atoms with Gasteiger partial charge in [-0.15, -0.1) is 11.8 Å². The molecule has 1 aliphatic heterocycles. The highest BCUT2D eigenvalue weighted by Gasteiger charge is 2.45. The summed E-state index contributed by atoms with van der Waals surface area (Å²) in [6.07, 6.45) is 9.31. The molecule has 1 heterocycles. The van der Waals surface area contributed by atoms with Crippen molar-refractivity contribution in [1.29, 1.82) is 0 Å². The summed E-state index contributed by atoms with van der Waals surface area (Å²) in [5.41, 5.74) is 0. The Labute approximate surface area is 101 Å². The summed E-state index contributed by atoms with van der Waals surface area (Å²) in [6, 6.07) is 0. The molecule has 3 aliphatic rings. The summed E-state index contributed by atoms with van der Waals surface area (Å²) in [6.45, 7) is 2.01. The maximum Gasteiger partial charge on any atom is 0.226 e. The van der Waals surface area contributed by atoms with Gasteiger partial charge in [0, 0.05) is 24.9 Å². The highest BCUT2D eigenvalue weighted by molar-refractivity contribution is 8.02. The van der Waals surface area contributed by atoms with Crippen molar-refractivity contribution in [3.05, 3.63) is 11.0 Å². The van der Waals surface area contributed by atoms with Crippen molar-refractivity contribution < 1.29 is 4.79 Å². The summed E-state index contributed by atoms with van der Waals surface area (Å²) in [7, 11) is 0. The van der Waals surface area contributed by atoms with E-state index in [1.54, 1.807) is 0 Å². The lowest BCUT2D eigenvalue weighted by molar-refractivity contribution is -0.135. The van der Waals surface area contributed by atoms with E-state index < -0.39 is 0 Å². The Morgan fingerprint density at radius 2 is 2.12 bits per heavy atom. The van der Waals surface area contributed by atoms with E-state index in [4.69, 9.17) is 0 Å². The molecule has 2 aliphatic carbocycles. The van der Waals surface area contributed by atoms with Crippen LogP contribution in [0, 0.1) is 17.8 Å². The minimum absolute atomic E-state index is 0.315. The van der Waals surface area contributed by atoms with Gasteiger partial charge >= 0.3 is 0 Å². The lowest BCUT2D eigenvalue weighted by Crippen LogP contribution is -2.36. The van der Waals surface area contributed by atoms with Crippen LogP contribution in [0.15, 0.2) is 11.0 Å². The molecule has 0 N–H and O–H groups in total. The molecule has 1 saturated carbocycles. The summed E-state index contributed by atoms with van der Waals surface area (Å²) in [5, 5.41) is 0. The molecule has 0 aromatic carbocycles. The number of rotatable bonds is 2. The smallest absolute Gasteiger partial charge is 0.226 e. The Hall–Kier alpha value is -0.440. The van der Waals surface area contributed by atoms with Crippen LogP contribution in [0.1, 0.15) is 25.7 Å². The predicted molar refractivity (Wildman–Crippen MR) is 67.1 cm³/mol. The van der Waals surface area contributed by atoms with Gasteiger partial charge in [0.25, 0.3) is 0 Å². The van der Waals surface area contributed by atoms with Crippen molar-refractivity contribution in [2.24, 2.45) is 17.8 Å². The van der Waals surface area contributed by atoms with Crippen LogP contribution in [0.5, 0.6) is 0 Å². The molecule has 2 bridgehead atoms. The second kappa shape index (κ2) is 4.10. The Kier molecular flexibility index (Phi) is 2.74. The summed E-state index contributed by atoms with van der Waals surface area (Å²) < 4.78 is 0. The van der Waals surface area contributed by atoms with Crippen molar-refractivity contribution in [3.63, 3.8) is 0 Å². The SMILES string of the molecule is CSC1=C[C@@H]2CC(C(=O)N3CCCC3)[C@H]1C2. The molecule has 0 aromatic heterocycles. The number of hydrogen-bond donors (Lipinski definition) is 0. The number of carbonyl (C=O) groups is 1. The van der Waals surface area contributed by atoms with Gasteiger partial charge in [0.2, 0.25) is 5.91 Å². The average Bonchev–Trinajstić information content (AvgIpc) is 3.02. The van der Waals surface area contributed by atoms with Gasteiger partial charge in [0.15, 0.2) is 0 Å². The Morgan fingerprint density at radius 1 is 1.38 bits per heavy atom. The number of fused-ring (bicyclic) bond motifs is 2. The van der Waals surface area contributed by atoms with Gasteiger partial charge in [-0.2, -0.15) is 0 Å². The number of allylic oxidation sites excluding steroid dienone is 2. The first-order valence-corrected chi connectivity index (χ1v) is 7.56. The third kappa shape index (κ3) is 1.60. The van der Waals surface area contributed by atoms with Gasteiger partial charge in [-0.25, -0.2) is 0 Å². The molecule has 16 heavy (non-hydrogen) atoms. The molecule has 3 atom stereocenters. The van der Waals surface area contributed by atoms with Crippen LogP contribution in [-0.4, -0.2) is 30.2 Å². The maximum absolute atomic E-state index is 12.4. The van der Waals surface area contributed by atoms with E-state index in [-0.39, 0.29) is 0 Å².